The van der Waals surface area contributed by atoms with E-state index in [9.17, 15) is 14.0 Å². The zero-order valence-corrected chi connectivity index (χ0v) is 16.3. The summed E-state index contributed by atoms with van der Waals surface area (Å²) in [5, 5.41) is 5.38. The molecule has 2 amide bonds. The molecular weight excluding hydrogens is 383 g/mol. The van der Waals surface area contributed by atoms with E-state index in [0.717, 1.165) is 17.2 Å². The van der Waals surface area contributed by atoms with E-state index in [0.29, 0.717) is 18.7 Å². The zero-order chi connectivity index (χ0) is 20.5. The SMILES string of the molecule is C=C(CCC(=O)NCc1ccccc1C)NC(=O)COc1ccc(Cl)c(F)c1. The highest BCUT2D eigenvalue weighted by molar-refractivity contribution is 6.30. The van der Waals surface area contributed by atoms with Crippen LogP contribution in [0.25, 0.3) is 0 Å². The highest BCUT2D eigenvalue weighted by Crippen LogP contribution is 2.20. The standard InChI is InChI=1S/C21H22ClFN2O3/c1-14-5-3-4-6-16(14)12-24-20(26)10-7-15(2)25-21(27)13-28-17-8-9-18(22)19(23)11-17/h3-6,8-9,11H,2,7,10,12-13H2,1H3,(H,24,26)(H,25,27). The minimum atomic E-state index is -0.624. The third kappa shape index (κ3) is 7.04. The first kappa shape index (κ1) is 21.4. The van der Waals surface area contributed by atoms with Crippen LogP contribution in [0.1, 0.15) is 24.0 Å². The number of allylic oxidation sites excluding steroid dienone is 1. The van der Waals surface area contributed by atoms with Gasteiger partial charge in [-0.2, -0.15) is 0 Å². The molecule has 0 aliphatic heterocycles. The fourth-order valence-corrected chi connectivity index (χ4v) is 2.48. The van der Waals surface area contributed by atoms with Crippen LogP contribution < -0.4 is 15.4 Å². The van der Waals surface area contributed by atoms with Gasteiger partial charge >= 0.3 is 0 Å². The molecule has 2 rings (SSSR count). The summed E-state index contributed by atoms with van der Waals surface area (Å²) < 4.78 is 18.5. The zero-order valence-electron chi connectivity index (χ0n) is 15.6. The van der Waals surface area contributed by atoms with Crippen molar-refractivity contribution in [3.63, 3.8) is 0 Å². The minimum Gasteiger partial charge on any atom is -0.484 e. The van der Waals surface area contributed by atoms with Crippen molar-refractivity contribution in [1.82, 2.24) is 10.6 Å². The van der Waals surface area contributed by atoms with Gasteiger partial charge in [0, 0.05) is 24.7 Å². The predicted octanol–water partition coefficient (Wildman–Crippen LogP) is 3.89. The quantitative estimate of drug-likeness (QED) is 0.666. The van der Waals surface area contributed by atoms with Gasteiger partial charge in [-0.3, -0.25) is 9.59 Å². The molecule has 0 spiro atoms. The van der Waals surface area contributed by atoms with Crippen LogP contribution >= 0.6 is 11.6 Å². The van der Waals surface area contributed by atoms with Crippen molar-refractivity contribution >= 4 is 23.4 Å². The summed E-state index contributed by atoms with van der Waals surface area (Å²) in [6.07, 6.45) is 0.509. The lowest BCUT2D eigenvalue weighted by Gasteiger charge is -2.11. The van der Waals surface area contributed by atoms with Crippen LogP contribution in [0.4, 0.5) is 4.39 Å². The second-order valence-electron chi connectivity index (χ2n) is 6.22. The Morgan fingerprint density at radius 2 is 1.89 bits per heavy atom. The first-order valence-electron chi connectivity index (χ1n) is 8.72. The van der Waals surface area contributed by atoms with Gasteiger partial charge in [-0.25, -0.2) is 4.39 Å². The molecule has 0 aliphatic rings. The molecule has 0 fully saturated rings. The molecule has 2 aromatic carbocycles. The Morgan fingerprint density at radius 3 is 2.61 bits per heavy atom. The van der Waals surface area contributed by atoms with Crippen LogP contribution in [0.2, 0.25) is 5.02 Å². The van der Waals surface area contributed by atoms with Crippen LogP contribution in [0, 0.1) is 12.7 Å². The maximum Gasteiger partial charge on any atom is 0.262 e. The summed E-state index contributed by atoms with van der Waals surface area (Å²) in [4.78, 5) is 23.8. The Balaban J connectivity index is 1.66. The Hall–Kier alpha value is -2.86. The van der Waals surface area contributed by atoms with Gasteiger partial charge < -0.3 is 15.4 Å². The molecule has 0 aromatic heterocycles. The number of hydrogen-bond donors (Lipinski definition) is 2. The number of nitrogens with one attached hydrogen (secondary N) is 2. The Kier molecular flexibility index (Phi) is 8.02. The Morgan fingerprint density at radius 1 is 1.14 bits per heavy atom. The summed E-state index contributed by atoms with van der Waals surface area (Å²) in [5.74, 6) is -1.01. The number of amides is 2. The number of aryl methyl sites for hydroxylation is 1. The summed E-state index contributed by atoms with van der Waals surface area (Å²) in [6, 6.07) is 11.7. The van der Waals surface area contributed by atoms with E-state index in [-0.39, 0.29) is 29.7 Å². The van der Waals surface area contributed by atoms with E-state index in [1.165, 1.54) is 12.1 Å². The molecule has 7 heteroatoms. The van der Waals surface area contributed by atoms with Crippen molar-refractivity contribution in [2.75, 3.05) is 6.61 Å². The predicted molar refractivity (Wildman–Crippen MR) is 106 cm³/mol. The first-order valence-corrected chi connectivity index (χ1v) is 9.09. The number of carbonyl (C=O) groups excluding carboxylic acids is 2. The monoisotopic (exact) mass is 404 g/mol. The molecule has 0 radical (unpaired) electrons. The second-order valence-corrected chi connectivity index (χ2v) is 6.63. The largest absolute Gasteiger partial charge is 0.484 e. The third-order valence-corrected chi connectivity index (χ3v) is 4.27. The normalized spacial score (nSPS) is 10.2. The van der Waals surface area contributed by atoms with E-state index in [1.54, 1.807) is 0 Å². The number of hydrogen-bond acceptors (Lipinski definition) is 3. The topological polar surface area (TPSA) is 67.4 Å². The highest BCUT2D eigenvalue weighted by Gasteiger charge is 2.09. The number of carbonyl (C=O) groups is 2. The summed E-state index contributed by atoms with van der Waals surface area (Å²) in [6.45, 7) is 5.87. The van der Waals surface area contributed by atoms with Crippen molar-refractivity contribution in [2.24, 2.45) is 0 Å². The van der Waals surface area contributed by atoms with Gasteiger partial charge in [0.2, 0.25) is 5.91 Å². The van der Waals surface area contributed by atoms with E-state index in [1.807, 2.05) is 31.2 Å². The second kappa shape index (κ2) is 10.5. The van der Waals surface area contributed by atoms with Crippen LogP contribution in [-0.4, -0.2) is 18.4 Å². The average molecular weight is 405 g/mol. The van der Waals surface area contributed by atoms with Crippen molar-refractivity contribution < 1.29 is 18.7 Å². The molecule has 0 unspecified atom stereocenters. The van der Waals surface area contributed by atoms with Crippen molar-refractivity contribution in [3.8, 4) is 5.75 Å². The van der Waals surface area contributed by atoms with E-state index >= 15 is 0 Å². The fourth-order valence-electron chi connectivity index (χ4n) is 2.37. The van der Waals surface area contributed by atoms with Gasteiger partial charge in [-0.15, -0.1) is 0 Å². The van der Waals surface area contributed by atoms with Gasteiger partial charge in [0.15, 0.2) is 6.61 Å². The number of benzene rings is 2. The lowest BCUT2D eigenvalue weighted by molar-refractivity contribution is -0.123. The van der Waals surface area contributed by atoms with Gasteiger partial charge in [0.05, 0.1) is 5.02 Å². The Bertz CT molecular complexity index is 870. The third-order valence-electron chi connectivity index (χ3n) is 3.97. The van der Waals surface area contributed by atoms with E-state index < -0.39 is 11.7 Å². The van der Waals surface area contributed by atoms with E-state index in [2.05, 4.69) is 17.2 Å². The summed E-state index contributed by atoms with van der Waals surface area (Å²) >= 11 is 5.58. The molecule has 28 heavy (non-hydrogen) atoms. The first-order chi connectivity index (χ1) is 13.3. The molecule has 0 heterocycles. The van der Waals surface area contributed by atoms with Crippen LogP contribution in [0.3, 0.4) is 0 Å². The van der Waals surface area contributed by atoms with Crippen molar-refractivity contribution in [2.45, 2.75) is 26.3 Å². The minimum absolute atomic E-state index is 0.0223. The van der Waals surface area contributed by atoms with Crippen LogP contribution in [0.15, 0.2) is 54.7 Å². The lowest BCUT2D eigenvalue weighted by Crippen LogP contribution is -2.29. The van der Waals surface area contributed by atoms with Gasteiger partial charge in [-0.05, 0) is 36.6 Å². The number of halogens is 2. The maximum absolute atomic E-state index is 13.3. The number of rotatable bonds is 9. The molecule has 5 nitrogen and oxygen atoms in total. The Labute approximate surface area is 168 Å². The summed E-state index contributed by atoms with van der Waals surface area (Å²) in [7, 11) is 0. The highest BCUT2D eigenvalue weighted by atomic mass is 35.5. The molecule has 0 saturated carbocycles. The summed E-state index contributed by atoms with van der Waals surface area (Å²) in [5.41, 5.74) is 2.57. The smallest absolute Gasteiger partial charge is 0.262 e. The molecule has 2 N–H and O–H groups in total. The average Bonchev–Trinajstić information content (AvgIpc) is 2.66. The fraction of sp³-hybridized carbons (Fsp3) is 0.238. The molecule has 0 saturated heterocycles. The molecule has 0 bridgehead atoms. The molecular formula is C21H22ClFN2O3. The van der Waals surface area contributed by atoms with Gasteiger partial charge in [0.1, 0.15) is 11.6 Å². The van der Waals surface area contributed by atoms with Gasteiger partial charge in [0.25, 0.3) is 5.91 Å². The number of ether oxygens (including phenoxy) is 1. The maximum atomic E-state index is 13.3. The van der Waals surface area contributed by atoms with Gasteiger partial charge in [-0.1, -0.05) is 42.4 Å². The molecule has 148 valence electrons. The van der Waals surface area contributed by atoms with Crippen molar-refractivity contribution in [3.05, 3.63) is 76.7 Å². The lowest BCUT2D eigenvalue weighted by atomic mass is 10.1. The van der Waals surface area contributed by atoms with E-state index in [4.69, 9.17) is 16.3 Å². The molecule has 0 aliphatic carbocycles. The van der Waals surface area contributed by atoms with Crippen LogP contribution in [-0.2, 0) is 16.1 Å². The molecule has 2 aromatic rings. The molecule has 0 atom stereocenters. The van der Waals surface area contributed by atoms with Crippen molar-refractivity contribution in [1.29, 1.82) is 0 Å². The van der Waals surface area contributed by atoms with Crippen LogP contribution in [0.5, 0.6) is 5.75 Å².